The topological polar surface area (TPSA) is 68.3 Å². The molecule has 0 atom stereocenters. The zero-order valence-electron chi connectivity index (χ0n) is 10.9. The van der Waals surface area contributed by atoms with E-state index in [1.807, 2.05) is 30.3 Å². The van der Waals surface area contributed by atoms with Crippen molar-refractivity contribution in [3.63, 3.8) is 0 Å². The number of fused-ring (bicyclic) bond motifs is 1. The third kappa shape index (κ3) is 3.05. The van der Waals surface area contributed by atoms with Crippen LogP contribution in [-0.4, -0.2) is 4.92 Å². The van der Waals surface area contributed by atoms with Gasteiger partial charge in [0.1, 0.15) is 10.7 Å². The molecule has 0 aliphatic carbocycles. The second-order valence-electron chi connectivity index (χ2n) is 4.56. The summed E-state index contributed by atoms with van der Waals surface area (Å²) in [5.74, 6) is 0.285. The first-order chi connectivity index (χ1) is 10.1. The Morgan fingerprint density at radius 3 is 2.62 bits per heavy atom. The van der Waals surface area contributed by atoms with Gasteiger partial charge in [-0.2, -0.15) is 0 Å². The van der Waals surface area contributed by atoms with Crippen molar-refractivity contribution in [2.75, 3.05) is 5.32 Å². The number of nitro groups is 1. The lowest BCUT2D eigenvalue weighted by Gasteiger charge is -2.06. The SMILES string of the molecule is O=[N+]([O-])c1ccc(CNc2ccc3cc(Br)ccc3c2)o1. The number of hydrogen-bond donors (Lipinski definition) is 1. The van der Waals surface area contributed by atoms with Crippen LogP contribution < -0.4 is 5.32 Å². The van der Waals surface area contributed by atoms with E-state index in [-0.39, 0.29) is 5.88 Å². The van der Waals surface area contributed by atoms with Gasteiger partial charge in [0.05, 0.1) is 12.6 Å². The van der Waals surface area contributed by atoms with E-state index in [4.69, 9.17) is 4.42 Å². The molecule has 0 fully saturated rings. The molecule has 0 radical (unpaired) electrons. The van der Waals surface area contributed by atoms with Gasteiger partial charge in [-0.3, -0.25) is 10.1 Å². The zero-order valence-corrected chi connectivity index (χ0v) is 12.5. The molecule has 0 amide bonds. The summed E-state index contributed by atoms with van der Waals surface area (Å²) in [5, 5.41) is 16.0. The number of nitrogens with zero attached hydrogens (tertiary/aromatic N) is 1. The summed E-state index contributed by atoms with van der Waals surface area (Å²) in [6.45, 7) is 0.399. The van der Waals surface area contributed by atoms with Crippen LogP contribution in [0.2, 0.25) is 0 Å². The Labute approximate surface area is 128 Å². The fourth-order valence-corrected chi connectivity index (χ4v) is 2.45. The minimum atomic E-state index is -0.544. The molecule has 0 saturated heterocycles. The Balaban J connectivity index is 1.75. The van der Waals surface area contributed by atoms with Gasteiger partial charge in [-0.25, -0.2) is 0 Å². The molecule has 1 heterocycles. The van der Waals surface area contributed by atoms with Crippen LogP contribution in [0.1, 0.15) is 5.76 Å². The van der Waals surface area contributed by atoms with Gasteiger partial charge in [0, 0.05) is 10.2 Å². The molecule has 21 heavy (non-hydrogen) atoms. The van der Waals surface area contributed by atoms with E-state index in [1.165, 1.54) is 6.07 Å². The van der Waals surface area contributed by atoms with Crippen molar-refractivity contribution < 1.29 is 9.34 Å². The second-order valence-corrected chi connectivity index (χ2v) is 5.47. The van der Waals surface area contributed by atoms with E-state index in [1.54, 1.807) is 6.07 Å². The Morgan fingerprint density at radius 1 is 1.10 bits per heavy atom. The number of nitrogens with one attached hydrogen (secondary N) is 1. The molecule has 0 bridgehead atoms. The Bertz CT molecular complexity index is 814. The summed E-state index contributed by atoms with van der Waals surface area (Å²) < 4.78 is 6.14. The summed E-state index contributed by atoms with van der Waals surface area (Å²) >= 11 is 3.44. The molecule has 5 nitrogen and oxygen atoms in total. The van der Waals surface area contributed by atoms with Gasteiger partial charge >= 0.3 is 5.88 Å². The van der Waals surface area contributed by atoms with Crippen LogP contribution >= 0.6 is 15.9 Å². The van der Waals surface area contributed by atoms with Crippen molar-refractivity contribution >= 4 is 38.3 Å². The lowest BCUT2D eigenvalue weighted by molar-refractivity contribution is -0.402. The van der Waals surface area contributed by atoms with Gasteiger partial charge in [0.25, 0.3) is 0 Å². The largest absolute Gasteiger partial charge is 0.433 e. The maximum absolute atomic E-state index is 10.5. The fraction of sp³-hybridized carbons (Fsp3) is 0.0667. The van der Waals surface area contributed by atoms with E-state index in [9.17, 15) is 10.1 Å². The van der Waals surface area contributed by atoms with E-state index >= 15 is 0 Å². The Morgan fingerprint density at radius 2 is 1.86 bits per heavy atom. The minimum Gasteiger partial charge on any atom is -0.404 e. The lowest BCUT2D eigenvalue weighted by Crippen LogP contribution is -1.97. The number of furan rings is 1. The summed E-state index contributed by atoms with van der Waals surface area (Å²) in [6.07, 6.45) is 0. The quantitative estimate of drug-likeness (QED) is 0.548. The van der Waals surface area contributed by atoms with Crippen LogP contribution in [0.4, 0.5) is 11.6 Å². The lowest BCUT2D eigenvalue weighted by atomic mass is 10.1. The molecule has 3 aromatic rings. The van der Waals surface area contributed by atoms with Gasteiger partial charge < -0.3 is 9.73 Å². The van der Waals surface area contributed by atoms with Crippen LogP contribution in [0.15, 0.2) is 57.4 Å². The van der Waals surface area contributed by atoms with Gasteiger partial charge in [-0.05, 0) is 41.1 Å². The van der Waals surface area contributed by atoms with Crippen LogP contribution in [0.5, 0.6) is 0 Å². The smallest absolute Gasteiger partial charge is 0.404 e. The summed E-state index contributed by atoms with van der Waals surface area (Å²) in [7, 11) is 0. The predicted octanol–water partition coefficient (Wildman–Crippen LogP) is 4.72. The highest BCUT2D eigenvalue weighted by atomic mass is 79.9. The molecule has 6 heteroatoms. The maximum atomic E-state index is 10.5. The van der Waals surface area contributed by atoms with Gasteiger partial charge in [-0.1, -0.05) is 28.1 Å². The maximum Gasteiger partial charge on any atom is 0.433 e. The monoisotopic (exact) mass is 346 g/mol. The van der Waals surface area contributed by atoms with Crippen molar-refractivity contribution in [2.45, 2.75) is 6.54 Å². The molecule has 1 aromatic heterocycles. The van der Waals surface area contributed by atoms with E-state index < -0.39 is 4.92 Å². The summed E-state index contributed by atoms with van der Waals surface area (Å²) in [4.78, 5) is 10.0. The van der Waals surface area contributed by atoms with Crippen molar-refractivity contribution in [3.8, 4) is 0 Å². The molecule has 106 valence electrons. The molecule has 0 unspecified atom stereocenters. The number of halogens is 1. The summed E-state index contributed by atoms with van der Waals surface area (Å²) in [6, 6.07) is 15.0. The molecule has 0 aliphatic heterocycles. The molecule has 2 aromatic carbocycles. The second kappa shape index (κ2) is 5.57. The Hall–Kier alpha value is -2.34. The Kier molecular flexibility index (Phi) is 3.62. The molecule has 0 saturated carbocycles. The first-order valence-electron chi connectivity index (χ1n) is 6.28. The molecular formula is C15H11BrN2O3. The number of benzene rings is 2. The minimum absolute atomic E-state index is 0.241. The van der Waals surface area contributed by atoms with Gasteiger partial charge in [0.2, 0.25) is 0 Å². The van der Waals surface area contributed by atoms with Crippen LogP contribution in [0.3, 0.4) is 0 Å². The van der Waals surface area contributed by atoms with Gasteiger partial charge in [0.15, 0.2) is 0 Å². The predicted molar refractivity (Wildman–Crippen MR) is 84.3 cm³/mol. The summed E-state index contributed by atoms with van der Waals surface area (Å²) in [5.41, 5.74) is 0.934. The van der Waals surface area contributed by atoms with Crippen molar-refractivity contribution in [1.29, 1.82) is 0 Å². The highest BCUT2D eigenvalue weighted by molar-refractivity contribution is 9.10. The molecular weight excluding hydrogens is 336 g/mol. The van der Waals surface area contributed by atoms with Crippen molar-refractivity contribution in [2.24, 2.45) is 0 Å². The zero-order chi connectivity index (χ0) is 14.8. The molecule has 3 rings (SSSR count). The number of anilines is 1. The first kappa shape index (κ1) is 13.6. The molecule has 0 aliphatic rings. The fourth-order valence-electron chi connectivity index (χ4n) is 2.08. The first-order valence-corrected chi connectivity index (χ1v) is 7.07. The third-order valence-electron chi connectivity index (χ3n) is 3.10. The van der Waals surface area contributed by atoms with Gasteiger partial charge in [-0.15, -0.1) is 0 Å². The highest BCUT2D eigenvalue weighted by Gasteiger charge is 2.11. The number of rotatable bonds is 4. The van der Waals surface area contributed by atoms with Crippen LogP contribution in [0, 0.1) is 10.1 Å². The highest BCUT2D eigenvalue weighted by Crippen LogP contribution is 2.23. The van der Waals surface area contributed by atoms with E-state index in [2.05, 4.69) is 27.3 Å². The third-order valence-corrected chi connectivity index (χ3v) is 3.59. The number of hydrogen-bond acceptors (Lipinski definition) is 4. The van der Waals surface area contributed by atoms with E-state index in [0.29, 0.717) is 12.3 Å². The van der Waals surface area contributed by atoms with Crippen LogP contribution in [-0.2, 0) is 6.54 Å². The molecule has 1 N–H and O–H groups in total. The standard InChI is InChI=1S/C15H11BrN2O3/c16-12-3-1-11-8-13(4-2-10(11)7-12)17-9-14-5-6-15(21-14)18(19)20/h1-8,17H,9H2. The normalized spacial score (nSPS) is 10.7. The van der Waals surface area contributed by atoms with Crippen molar-refractivity contribution in [3.05, 3.63) is 68.9 Å². The average Bonchev–Trinajstić information content (AvgIpc) is 2.94. The van der Waals surface area contributed by atoms with Crippen LogP contribution in [0.25, 0.3) is 10.8 Å². The van der Waals surface area contributed by atoms with Crippen molar-refractivity contribution in [1.82, 2.24) is 0 Å². The van der Waals surface area contributed by atoms with E-state index in [0.717, 1.165) is 20.9 Å². The average molecular weight is 347 g/mol. The molecule has 0 spiro atoms.